The molecule has 16 heavy (non-hydrogen) atoms. The highest BCUT2D eigenvalue weighted by Crippen LogP contribution is 2.26. The molecular weight excluding hydrogens is 209 g/mol. The van der Waals surface area contributed by atoms with Gasteiger partial charge in [0, 0.05) is 17.7 Å². The monoisotopic (exact) mass is 217 g/mol. The van der Waals surface area contributed by atoms with Gasteiger partial charge >= 0.3 is 0 Å². The number of halogens is 1. The van der Waals surface area contributed by atoms with Crippen molar-refractivity contribution in [3.8, 4) is 11.1 Å². The van der Waals surface area contributed by atoms with Crippen LogP contribution in [0.5, 0.6) is 0 Å². The standard InChI is InChI=1S/C12H8FNO2/c13-12-7-6-10(14(15)16)8-11(12)9-4-2-1-3-5-9/h1-8H. The number of nitro benzene ring substituents is 1. The zero-order chi connectivity index (χ0) is 11.5. The second-order valence-corrected chi connectivity index (χ2v) is 3.29. The Hall–Kier alpha value is -2.23. The minimum absolute atomic E-state index is 0.111. The molecule has 4 heteroatoms. The number of non-ortho nitro benzene ring substituents is 1. The van der Waals surface area contributed by atoms with E-state index in [0.717, 1.165) is 12.1 Å². The lowest BCUT2D eigenvalue weighted by Gasteiger charge is -2.02. The van der Waals surface area contributed by atoms with Crippen LogP contribution in [0, 0.1) is 15.9 Å². The molecule has 0 aliphatic heterocycles. The van der Waals surface area contributed by atoms with Gasteiger partial charge in [-0.15, -0.1) is 0 Å². The van der Waals surface area contributed by atoms with Crippen molar-refractivity contribution in [3.63, 3.8) is 0 Å². The molecule has 0 amide bonds. The van der Waals surface area contributed by atoms with E-state index < -0.39 is 10.7 Å². The molecule has 0 aliphatic carbocycles. The fourth-order valence-corrected chi connectivity index (χ4v) is 1.47. The molecule has 0 saturated carbocycles. The second kappa shape index (κ2) is 4.10. The van der Waals surface area contributed by atoms with Gasteiger partial charge in [0.25, 0.3) is 5.69 Å². The summed E-state index contributed by atoms with van der Waals surface area (Å²) in [7, 11) is 0. The van der Waals surface area contributed by atoms with Gasteiger partial charge in [-0.3, -0.25) is 10.1 Å². The molecule has 2 aromatic rings. The number of nitrogens with zero attached hydrogens (tertiary/aromatic N) is 1. The largest absolute Gasteiger partial charge is 0.270 e. The van der Waals surface area contributed by atoms with Gasteiger partial charge in [-0.1, -0.05) is 30.3 Å². The smallest absolute Gasteiger partial charge is 0.258 e. The van der Waals surface area contributed by atoms with E-state index in [0.29, 0.717) is 5.56 Å². The van der Waals surface area contributed by atoms with E-state index >= 15 is 0 Å². The summed E-state index contributed by atoms with van der Waals surface area (Å²) >= 11 is 0. The molecule has 0 spiro atoms. The van der Waals surface area contributed by atoms with Gasteiger partial charge in [-0.25, -0.2) is 4.39 Å². The van der Waals surface area contributed by atoms with Crippen molar-refractivity contribution < 1.29 is 9.31 Å². The van der Waals surface area contributed by atoms with Gasteiger partial charge in [0.15, 0.2) is 0 Å². The fraction of sp³-hybridized carbons (Fsp3) is 0. The summed E-state index contributed by atoms with van der Waals surface area (Å²) in [5.41, 5.74) is 0.763. The van der Waals surface area contributed by atoms with E-state index in [2.05, 4.69) is 0 Å². The quantitative estimate of drug-likeness (QED) is 0.571. The van der Waals surface area contributed by atoms with E-state index in [4.69, 9.17) is 0 Å². The van der Waals surface area contributed by atoms with Crippen molar-refractivity contribution in [2.24, 2.45) is 0 Å². The van der Waals surface area contributed by atoms with Crippen LogP contribution in [0.3, 0.4) is 0 Å². The lowest BCUT2D eigenvalue weighted by Crippen LogP contribution is -1.90. The van der Waals surface area contributed by atoms with Gasteiger partial charge < -0.3 is 0 Å². The lowest BCUT2D eigenvalue weighted by molar-refractivity contribution is -0.384. The number of benzene rings is 2. The molecule has 0 atom stereocenters. The summed E-state index contributed by atoms with van der Waals surface area (Å²) in [4.78, 5) is 10.0. The minimum atomic E-state index is -0.536. The van der Waals surface area contributed by atoms with Crippen LogP contribution < -0.4 is 0 Å². The highest BCUT2D eigenvalue weighted by Gasteiger charge is 2.11. The molecule has 0 fully saturated rings. The van der Waals surface area contributed by atoms with Crippen LogP contribution in [0.4, 0.5) is 10.1 Å². The molecular formula is C12H8FNO2. The molecule has 0 unspecified atom stereocenters. The fourth-order valence-electron chi connectivity index (χ4n) is 1.47. The van der Waals surface area contributed by atoms with Crippen LogP contribution in [0.1, 0.15) is 0 Å². The predicted octanol–water partition coefficient (Wildman–Crippen LogP) is 3.40. The summed E-state index contributed by atoms with van der Waals surface area (Å²) in [6.45, 7) is 0. The first-order chi connectivity index (χ1) is 7.68. The van der Waals surface area contributed by atoms with E-state index in [-0.39, 0.29) is 11.3 Å². The highest BCUT2D eigenvalue weighted by atomic mass is 19.1. The lowest BCUT2D eigenvalue weighted by atomic mass is 10.0. The van der Waals surface area contributed by atoms with Gasteiger partial charge in [-0.05, 0) is 11.6 Å². The summed E-state index contributed by atoms with van der Waals surface area (Å²) in [6, 6.07) is 12.2. The maximum Gasteiger partial charge on any atom is 0.270 e. The molecule has 2 aromatic carbocycles. The maximum atomic E-state index is 13.5. The molecule has 0 aliphatic rings. The first-order valence-electron chi connectivity index (χ1n) is 4.68. The highest BCUT2D eigenvalue weighted by molar-refractivity contribution is 5.66. The van der Waals surface area contributed by atoms with Gasteiger partial charge in [0.1, 0.15) is 5.82 Å². The summed E-state index contributed by atoms with van der Waals surface area (Å²) < 4.78 is 13.5. The third-order valence-corrected chi connectivity index (χ3v) is 2.25. The molecule has 0 aromatic heterocycles. The van der Waals surface area contributed by atoms with E-state index in [1.165, 1.54) is 6.07 Å². The number of hydrogen-bond donors (Lipinski definition) is 0. The van der Waals surface area contributed by atoms with Crippen LogP contribution in [0.25, 0.3) is 11.1 Å². The van der Waals surface area contributed by atoms with Gasteiger partial charge in [0.05, 0.1) is 4.92 Å². The molecule has 0 saturated heterocycles. The molecule has 0 bridgehead atoms. The summed E-state index contributed by atoms with van der Waals surface area (Å²) in [5, 5.41) is 10.6. The number of hydrogen-bond acceptors (Lipinski definition) is 2. The SMILES string of the molecule is O=[N+]([O-])c1ccc(F)c(-c2ccccc2)c1. The second-order valence-electron chi connectivity index (χ2n) is 3.29. The van der Waals surface area contributed by atoms with Crippen LogP contribution in [0.15, 0.2) is 48.5 Å². The Morgan fingerprint density at radius 2 is 1.75 bits per heavy atom. The molecule has 2 rings (SSSR count). The topological polar surface area (TPSA) is 43.1 Å². The first kappa shape index (κ1) is 10.3. The normalized spacial score (nSPS) is 10.1. The summed E-state index contributed by atoms with van der Waals surface area (Å²) in [5.74, 6) is -0.461. The first-order valence-corrected chi connectivity index (χ1v) is 4.68. The van der Waals surface area contributed by atoms with E-state index in [1.807, 2.05) is 0 Å². The van der Waals surface area contributed by atoms with Gasteiger partial charge in [0.2, 0.25) is 0 Å². The molecule has 0 heterocycles. The Bertz CT molecular complexity index is 526. The minimum Gasteiger partial charge on any atom is -0.258 e. The average molecular weight is 217 g/mol. The average Bonchev–Trinajstić information content (AvgIpc) is 2.30. The number of rotatable bonds is 2. The van der Waals surface area contributed by atoms with Crippen LogP contribution in [-0.4, -0.2) is 4.92 Å². The van der Waals surface area contributed by atoms with Crippen molar-refractivity contribution in [3.05, 3.63) is 64.5 Å². The number of nitro groups is 1. The third-order valence-electron chi connectivity index (χ3n) is 2.25. The zero-order valence-electron chi connectivity index (χ0n) is 8.26. The molecule has 3 nitrogen and oxygen atoms in total. The van der Waals surface area contributed by atoms with Crippen molar-refractivity contribution in [1.29, 1.82) is 0 Å². The van der Waals surface area contributed by atoms with Crippen molar-refractivity contribution in [2.45, 2.75) is 0 Å². The third kappa shape index (κ3) is 1.91. The van der Waals surface area contributed by atoms with Crippen molar-refractivity contribution >= 4 is 5.69 Å². The van der Waals surface area contributed by atoms with Gasteiger partial charge in [-0.2, -0.15) is 0 Å². The maximum absolute atomic E-state index is 13.5. The molecule has 0 radical (unpaired) electrons. The summed E-state index contributed by atoms with van der Waals surface area (Å²) in [6.07, 6.45) is 0. The zero-order valence-corrected chi connectivity index (χ0v) is 8.26. The van der Waals surface area contributed by atoms with Crippen LogP contribution >= 0.6 is 0 Å². The Balaban J connectivity index is 2.56. The molecule has 80 valence electrons. The van der Waals surface area contributed by atoms with Crippen LogP contribution in [0.2, 0.25) is 0 Å². The van der Waals surface area contributed by atoms with E-state index in [9.17, 15) is 14.5 Å². The molecule has 0 N–H and O–H groups in total. The Morgan fingerprint density at radius 3 is 2.38 bits per heavy atom. The van der Waals surface area contributed by atoms with Crippen molar-refractivity contribution in [1.82, 2.24) is 0 Å². The Kier molecular flexibility index (Phi) is 2.64. The van der Waals surface area contributed by atoms with Crippen LogP contribution in [-0.2, 0) is 0 Å². The Labute approximate surface area is 91.3 Å². The van der Waals surface area contributed by atoms with E-state index in [1.54, 1.807) is 30.3 Å². The Morgan fingerprint density at radius 1 is 1.06 bits per heavy atom. The van der Waals surface area contributed by atoms with Crippen molar-refractivity contribution in [2.75, 3.05) is 0 Å². The predicted molar refractivity (Wildman–Crippen MR) is 58.5 cm³/mol.